The molecule has 1 aliphatic rings. The molecule has 0 aliphatic carbocycles. The third-order valence-electron chi connectivity index (χ3n) is 4.43. The van der Waals surface area contributed by atoms with Gasteiger partial charge < -0.3 is 10.2 Å². The molecule has 1 N–H and O–H groups in total. The van der Waals surface area contributed by atoms with Crippen molar-refractivity contribution in [3.8, 4) is 0 Å². The molecule has 0 saturated carbocycles. The molecule has 0 spiro atoms. The van der Waals surface area contributed by atoms with Crippen LogP contribution in [0.3, 0.4) is 0 Å². The van der Waals surface area contributed by atoms with Crippen molar-refractivity contribution in [1.82, 2.24) is 14.7 Å². The van der Waals surface area contributed by atoms with Crippen molar-refractivity contribution in [1.29, 1.82) is 0 Å². The lowest BCUT2D eigenvalue weighted by Crippen LogP contribution is -2.27. The molecule has 1 amide bonds. The number of hydrogen-bond donors (Lipinski definition) is 1. The largest absolute Gasteiger partial charge is 0.316 e. The van der Waals surface area contributed by atoms with E-state index in [1.165, 1.54) is 11.6 Å². The highest BCUT2D eigenvalue weighted by molar-refractivity contribution is 6.03. The fraction of sp³-hybridized carbons (Fsp3) is 0.333. The van der Waals surface area contributed by atoms with E-state index in [9.17, 15) is 13.6 Å². The average molecular weight is 346 g/mol. The van der Waals surface area contributed by atoms with Gasteiger partial charge in [0.2, 0.25) is 0 Å². The van der Waals surface area contributed by atoms with E-state index in [0.717, 1.165) is 42.9 Å². The Labute approximate surface area is 144 Å². The molecule has 1 aromatic heterocycles. The Kier molecular flexibility index (Phi) is 4.67. The Morgan fingerprint density at radius 3 is 2.60 bits per heavy atom. The molecular weight excluding hydrogens is 326 g/mol. The van der Waals surface area contributed by atoms with E-state index in [1.54, 1.807) is 17.8 Å². The van der Waals surface area contributed by atoms with Crippen molar-refractivity contribution in [2.24, 2.45) is 7.05 Å². The molecule has 5 nitrogen and oxygen atoms in total. The third-order valence-corrected chi connectivity index (χ3v) is 4.43. The Balaban J connectivity index is 1.89. The van der Waals surface area contributed by atoms with Gasteiger partial charge in [-0.05, 0) is 44.2 Å². The van der Waals surface area contributed by atoms with Gasteiger partial charge in [0.05, 0.1) is 5.69 Å². The summed E-state index contributed by atoms with van der Waals surface area (Å²) in [5.41, 5.74) is 2.87. The zero-order valence-electron chi connectivity index (χ0n) is 14.4. The standard InChI is InChI=1S/C18H20F2N4O/c1-11-7-8-23(2)10-12(11)16-9-15(22-24(16)3)18(25)21-17-13(19)5-4-6-14(17)20/h4-6,9H,7-8,10H2,1-3H3,(H,21,25). The number of anilines is 1. The van der Waals surface area contributed by atoms with Crippen LogP contribution < -0.4 is 5.32 Å². The van der Waals surface area contributed by atoms with Crippen LogP contribution in [-0.4, -0.2) is 40.7 Å². The first-order valence-electron chi connectivity index (χ1n) is 8.03. The molecule has 7 heteroatoms. The van der Waals surface area contributed by atoms with Gasteiger partial charge in [0, 0.05) is 20.1 Å². The second-order valence-corrected chi connectivity index (χ2v) is 6.34. The van der Waals surface area contributed by atoms with Crippen molar-refractivity contribution >= 4 is 17.2 Å². The molecule has 2 aromatic rings. The zero-order valence-corrected chi connectivity index (χ0v) is 14.4. The molecule has 132 valence electrons. The lowest BCUT2D eigenvalue weighted by molar-refractivity contribution is 0.102. The predicted molar refractivity (Wildman–Crippen MR) is 92.2 cm³/mol. The van der Waals surface area contributed by atoms with Crippen molar-refractivity contribution in [2.45, 2.75) is 13.3 Å². The number of aromatic nitrogens is 2. The van der Waals surface area contributed by atoms with E-state index in [4.69, 9.17) is 0 Å². The maximum Gasteiger partial charge on any atom is 0.276 e. The smallest absolute Gasteiger partial charge is 0.276 e. The van der Waals surface area contributed by atoms with Gasteiger partial charge in [-0.25, -0.2) is 8.78 Å². The summed E-state index contributed by atoms with van der Waals surface area (Å²) in [5.74, 6) is -2.29. The molecule has 1 aliphatic heterocycles. The number of aryl methyl sites for hydroxylation is 1. The van der Waals surface area contributed by atoms with Crippen molar-refractivity contribution in [3.63, 3.8) is 0 Å². The van der Waals surface area contributed by atoms with E-state index in [0.29, 0.717) is 0 Å². The second-order valence-electron chi connectivity index (χ2n) is 6.34. The molecule has 0 saturated heterocycles. The first-order chi connectivity index (χ1) is 11.9. The van der Waals surface area contributed by atoms with E-state index >= 15 is 0 Å². The van der Waals surface area contributed by atoms with Gasteiger partial charge >= 0.3 is 0 Å². The molecule has 0 radical (unpaired) electrons. The highest BCUT2D eigenvalue weighted by Gasteiger charge is 2.21. The monoisotopic (exact) mass is 346 g/mol. The quantitative estimate of drug-likeness (QED) is 0.929. The van der Waals surface area contributed by atoms with Crippen LogP contribution in [0.5, 0.6) is 0 Å². The van der Waals surface area contributed by atoms with Crippen LogP contribution in [0, 0.1) is 11.6 Å². The summed E-state index contributed by atoms with van der Waals surface area (Å²) < 4.78 is 29.0. The molecule has 2 heterocycles. The van der Waals surface area contributed by atoms with Crippen LogP contribution >= 0.6 is 0 Å². The SMILES string of the molecule is CC1=C(c2cc(C(=O)Nc3c(F)cccc3F)nn2C)CN(C)CC1. The first kappa shape index (κ1) is 17.3. The fourth-order valence-electron chi connectivity index (χ4n) is 2.95. The van der Waals surface area contributed by atoms with E-state index in [1.807, 2.05) is 7.05 Å². The number of hydrogen-bond acceptors (Lipinski definition) is 3. The maximum absolute atomic E-state index is 13.7. The number of rotatable bonds is 3. The summed E-state index contributed by atoms with van der Waals surface area (Å²) >= 11 is 0. The highest BCUT2D eigenvalue weighted by atomic mass is 19.1. The van der Waals surface area contributed by atoms with Gasteiger partial charge in [0.25, 0.3) is 5.91 Å². The number of amides is 1. The van der Waals surface area contributed by atoms with Crippen molar-refractivity contribution in [3.05, 3.63) is 52.9 Å². The van der Waals surface area contributed by atoms with Gasteiger partial charge in [0.1, 0.15) is 17.3 Å². The van der Waals surface area contributed by atoms with Gasteiger partial charge in [0.15, 0.2) is 5.69 Å². The van der Waals surface area contributed by atoms with Crippen molar-refractivity contribution in [2.75, 3.05) is 25.5 Å². The van der Waals surface area contributed by atoms with E-state index in [2.05, 4.69) is 22.2 Å². The molecular formula is C18H20F2N4O. The molecule has 0 atom stereocenters. The summed E-state index contributed by atoms with van der Waals surface area (Å²) in [6.07, 6.45) is 0.957. The van der Waals surface area contributed by atoms with Crippen LogP contribution in [0.25, 0.3) is 5.57 Å². The molecule has 3 rings (SSSR count). The Bertz CT molecular complexity index is 837. The topological polar surface area (TPSA) is 50.2 Å². The van der Waals surface area contributed by atoms with Crippen LogP contribution in [0.2, 0.25) is 0 Å². The first-order valence-corrected chi connectivity index (χ1v) is 8.03. The summed E-state index contributed by atoms with van der Waals surface area (Å²) in [6.45, 7) is 3.84. The lowest BCUT2D eigenvalue weighted by Gasteiger charge is -2.26. The molecule has 0 fully saturated rings. The number of nitrogens with zero attached hydrogens (tertiary/aromatic N) is 3. The molecule has 0 bridgehead atoms. The summed E-state index contributed by atoms with van der Waals surface area (Å²) in [6, 6.07) is 5.09. The third kappa shape index (κ3) is 3.46. The minimum Gasteiger partial charge on any atom is -0.316 e. The van der Waals surface area contributed by atoms with Crippen LogP contribution in [0.15, 0.2) is 29.8 Å². The Hall–Kier alpha value is -2.54. The predicted octanol–water partition coefficient (Wildman–Crippen LogP) is 3.06. The molecule has 1 aromatic carbocycles. The number of likely N-dealkylation sites (N-methyl/N-ethyl adjacent to an activating group) is 1. The number of halogens is 2. The minimum absolute atomic E-state index is 0.119. The summed E-state index contributed by atoms with van der Waals surface area (Å²) in [5, 5.41) is 6.47. The van der Waals surface area contributed by atoms with Gasteiger partial charge in [-0.3, -0.25) is 9.48 Å². The van der Waals surface area contributed by atoms with E-state index < -0.39 is 23.2 Å². The van der Waals surface area contributed by atoms with Crippen molar-refractivity contribution < 1.29 is 13.6 Å². The number of nitrogens with one attached hydrogen (secondary N) is 1. The average Bonchev–Trinajstić information content (AvgIpc) is 2.95. The fourth-order valence-corrected chi connectivity index (χ4v) is 2.95. The van der Waals surface area contributed by atoms with Gasteiger partial charge in [-0.15, -0.1) is 0 Å². The minimum atomic E-state index is -0.822. The highest BCUT2D eigenvalue weighted by Crippen LogP contribution is 2.26. The lowest BCUT2D eigenvalue weighted by atomic mass is 9.99. The molecule has 0 unspecified atom stereocenters. The van der Waals surface area contributed by atoms with Crippen LogP contribution in [-0.2, 0) is 7.05 Å². The zero-order chi connectivity index (χ0) is 18.1. The normalized spacial score (nSPS) is 15.6. The summed E-state index contributed by atoms with van der Waals surface area (Å²) in [7, 11) is 3.79. The number of benzene rings is 1. The van der Waals surface area contributed by atoms with Crippen LogP contribution in [0.1, 0.15) is 29.5 Å². The summed E-state index contributed by atoms with van der Waals surface area (Å²) in [4.78, 5) is 14.6. The number of carbonyl (C=O) groups is 1. The number of para-hydroxylation sites is 1. The van der Waals surface area contributed by atoms with Crippen LogP contribution in [0.4, 0.5) is 14.5 Å². The van der Waals surface area contributed by atoms with E-state index in [-0.39, 0.29) is 5.69 Å². The van der Waals surface area contributed by atoms with Gasteiger partial charge in [-0.2, -0.15) is 5.10 Å². The second kappa shape index (κ2) is 6.76. The molecule has 25 heavy (non-hydrogen) atoms. The Morgan fingerprint density at radius 1 is 1.24 bits per heavy atom. The maximum atomic E-state index is 13.7. The number of carbonyl (C=O) groups excluding carboxylic acids is 1. The van der Waals surface area contributed by atoms with Gasteiger partial charge in [-0.1, -0.05) is 11.6 Å². The Morgan fingerprint density at radius 2 is 1.92 bits per heavy atom.